The monoisotopic (exact) mass is 270 g/mol. The van der Waals surface area contributed by atoms with Crippen LogP contribution in [0.2, 0.25) is 0 Å². The highest BCUT2D eigenvalue weighted by atomic mass is 19.1. The first-order valence-corrected chi connectivity index (χ1v) is 6.39. The van der Waals surface area contributed by atoms with Gasteiger partial charge in [-0.05, 0) is 42.3 Å². The Balaban J connectivity index is 2.06. The van der Waals surface area contributed by atoms with E-state index >= 15 is 0 Å². The van der Waals surface area contributed by atoms with Gasteiger partial charge in [-0.3, -0.25) is 5.41 Å². The highest BCUT2D eigenvalue weighted by molar-refractivity contribution is 6.12. The molecule has 3 rings (SSSR count). The smallest absolute Gasteiger partial charge is 0.142 e. The number of fused-ring (bicyclic) bond motifs is 1. The highest BCUT2D eigenvalue weighted by Crippen LogP contribution is 2.35. The lowest BCUT2D eigenvalue weighted by Crippen LogP contribution is -2.23. The van der Waals surface area contributed by atoms with Crippen molar-refractivity contribution in [2.45, 2.75) is 13.5 Å². The average Bonchev–Trinajstić information content (AvgIpc) is 2.76. The minimum Gasteiger partial charge on any atom is -0.495 e. The molecule has 0 saturated heterocycles. The normalized spacial score (nSPS) is 13.6. The second kappa shape index (κ2) is 4.63. The van der Waals surface area contributed by atoms with Gasteiger partial charge < -0.3 is 9.64 Å². The molecule has 102 valence electrons. The maximum atomic E-state index is 13.3. The summed E-state index contributed by atoms with van der Waals surface area (Å²) in [6.45, 7) is 2.56. The zero-order chi connectivity index (χ0) is 14.3. The van der Waals surface area contributed by atoms with Gasteiger partial charge in [0.15, 0.2) is 0 Å². The Labute approximate surface area is 117 Å². The highest BCUT2D eigenvalue weighted by Gasteiger charge is 2.27. The maximum Gasteiger partial charge on any atom is 0.142 e. The van der Waals surface area contributed by atoms with Crippen LogP contribution in [0.15, 0.2) is 36.4 Å². The van der Waals surface area contributed by atoms with Crippen molar-refractivity contribution in [2.24, 2.45) is 0 Å². The second-order valence-electron chi connectivity index (χ2n) is 4.91. The molecule has 1 N–H and O–H groups in total. The molecule has 3 nitrogen and oxygen atoms in total. The van der Waals surface area contributed by atoms with Crippen molar-refractivity contribution in [3.05, 3.63) is 58.9 Å². The lowest BCUT2D eigenvalue weighted by atomic mass is 10.1. The van der Waals surface area contributed by atoms with Crippen LogP contribution in [0.4, 0.5) is 10.1 Å². The second-order valence-corrected chi connectivity index (χ2v) is 4.91. The molecule has 20 heavy (non-hydrogen) atoms. The average molecular weight is 270 g/mol. The lowest BCUT2D eigenvalue weighted by Gasteiger charge is -2.21. The standard InChI is InChI=1S/C16H15FN2O/c1-10-3-6-15(20-2)14(7-10)19-9-11-4-5-12(17)8-13(11)16(19)18/h3-8,18H,9H2,1-2H3. The topological polar surface area (TPSA) is 36.3 Å². The molecule has 0 spiro atoms. The van der Waals surface area contributed by atoms with E-state index in [-0.39, 0.29) is 5.82 Å². The minimum atomic E-state index is -0.313. The Hall–Kier alpha value is -2.36. The predicted octanol–water partition coefficient (Wildman–Crippen LogP) is 3.49. The fraction of sp³-hybridized carbons (Fsp3) is 0.188. The van der Waals surface area contributed by atoms with Crippen LogP contribution in [-0.4, -0.2) is 12.9 Å². The number of nitrogens with zero attached hydrogens (tertiary/aromatic N) is 1. The van der Waals surface area contributed by atoms with E-state index in [1.54, 1.807) is 13.2 Å². The molecule has 0 radical (unpaired) electrons. The van der Waals surface area contributed by atoms with E-state index < -0.39 is 0 Å². The maximum absolute atomic E-state index is 13.3. The van der Waals surface area contributed by atoms with Crippen molar-refractivity contribution in [1.29, 1.82) is 5.41 Å². The van der Waals surface area contributed by atoms with Gasteiger partial charge in [-0.25, -0.2) is 4.39 Å². The summed E-state index contributed by atoms with van der Waals surface area (Å²) in [7, 11) is 1.61. The number of aryl methyl sites for hydroxylation is 1. The van der Waals surface area contributed by atoms with Gasteiger partial charge in [0, 0.05) is 5.56 Å². The number of nitrogens with one attached hydrogen (secondary N) is 1. The van der Waals surface area contributed by atoms with Gasteiger partial charge in [0.05, 0.1) is 19.3 Å². The van der Waals surface area contributed by atoms with Crippen molar-refractivity contribution in [3.8, 4) is 5.75 Å². The van der Waals surface area contributed by atoms with E-state index in [1.807, 2.05) is 30.0 Å². The van der Waals surface area contributed by atoms with Crippen LogP contribution in [-0.2, 0) is 6.54 Å². The van der Waals surface area contributed by atoms with Crippen LogP contribution in [0, 0.1) is 18.2 Å². The van der Waals surface area contributed by atoms with Gasteiger partial charge in [-0.15, -0.1) is 0 Å². The fourth-order valence-corrected chi connectivity index (χ4v) is 2.52. The Kier molecular flexibility index (Phi) is 2.93. The number of benzene rings is 2. The van der Waals surface area contributed by atoms with Gasteiger partial charge in [-0.1, -0.05) is 12.1 Å². The number of amidine groups is 1. The SMILES string of the molecule is COc1ccc(C)cc1N1Cc2ccc(F)cc2C1=N. The molecular formula is C16H15FN2O. The van der Waals surface area contributed by atoms with Crippen LogP contribution in [0.3, 0.4) is 0 Å². The number of methoxy groups -OCH3 is 1. The van der Waals surface area contributed by atoms with Gasteiger partial charge in [0.1, 0.15) is 17.4 Å². The van der Waals surface area contributed by atoms with E-state index in [0.29, 0.717) is 23.7 Å². The van der Waals surface area contributed by atoms with Gasteiger partial charge in [0.25, 0.3) is 0 Å². The first-order chi connectivity index (χ1) is 9.60. The number of rotatable bonds is 2. The minimum absolute atomic E-state index is 0.309. The third-order valence-corrected chi connectivity index (χ3v) is 3.55. The Morgan fingerprint density at radius 3 is 2.75 bits per heavy atom. The van der Waals surface area contributed by atoms with E-state index in [1.165, 1.54) is 12.1 Å². The molecule has 0 aliphatic carbocycles. The number of ether oxygens (including phenoxy) is 1. The molecule has 0 unspecified atom stereocenters. The summed E-state index contributed by atoms with van der Waals surface area (Å²) in [4.78, 5) is 1.84. The van der Waals surface area contributed by atoms with Gasteiger partial charge in [-0.2, -0.15) is 0 Å². The van der Waals surface area contributed by atoms with Crippen LogP contribution < -0.4 is 9.64 Å². The van der Waals surface area contributed by atoms with Crippen molar-refractivity contribution in [3.63, 3.8) is 0 Å². The zero-order valence-corrected chi connectivity index (χ0v) is 11.4. The lowest BCUT2D eigenvalue weighted by molar-refractivity contribution is 0.415. The van der Waals surface area contributed by atoms with Gasteiger partial charge in [0.2, 0.25) is 0 Å². The molecule has 0 aromatic heterocycles. The zero-order valence-electron chi connectivity index (χ0n) is 11.4. The number of hydrogen-bond donors (Lipinski definition) is 1. The third kappa shape index (κ3) is 1.93. The summed E-state index contributed by atoms with van der Waals surface area (Å²) < 4.78 is 18.7. The molecular weight excluding hydrogens is 255 g/mol. The Morgan fingerprint density at radius 1 is 1.20 bits per heavy atom. The molecule has 1 aliphatic heterocycles. The largest absolute Gasteiger partial charge is 0.495 e. The summed E-state index contributed by atoms with van der Waals surface area (Å²) >= 11 is 0. The molecule has 2 aromatic rings. The van der Waals surface area contributed by atoms with E-state index in [4.69, 9.17) is 10.1 Å². The summed E-state index contributed by atoms with van der Waals surface area (Å²) in [6.07, 6.45) is 0. The number of halogens is 1. The van der Waals surface area contributed by atoms with E-state index in [0.717, 1.165) is 16.8 Å². The predicted molar refractivity (Wildman–Crippen MR) is 77.1 cm³/mol. The van der Waals surface area contributed by atoms with Crippen molar-refractivity contribution >= 4 is 11.5 Å². The molecule has 1 aliphatic rings. The van der Waals surface area contributed by atoms with Gasteiger partial charge >= 0.3 is 0 Å². The summed E-state index contributed by atoms with van der Waals surface area (Å²) in [6, 6.07) is 10.4. The molecule has 0 fully saturated rings. The molecule has 0 amide bonds. The van der Waals surface area contributed by atoms with E-state index in [2.05, 4.69) is 0 Å². The van der Waals surface area contributed by atoms with Crippen molar-refractivity contribution < 1.29 is 9.13 Å². The first kappa shape index (κ1) is 12.7. The third-order valence-electron chi connectivity index (χ3n) is 3.55. The van der Waals surface area contributed by atoms with Crippen LogP contribution >= 0.6 is 0 Å². The summed E-state index contributed by atoms with van der Waals surface area (Å²) in [5.41, 5.74) is 3.54. The van der Waals surface area contributed by atoms with E-state index in [9.17, 15) is 4.39 Å². The molecule has 1 heterocycles. The molecule has 2 aromatic carbocycles. The Morgan fingerprint density at radius 2 is 2.00 bits per heavy atom. The molecule has 4 heteroatoms. The van der Waals surface area contributed by atoms with Crippen molar-refractivity contribution in [2.75, 3.05) is 12.0 Å². The van der Waals surface area contributed by atoms with Crippen molar-refractivity contribution in [1.82, 2.24) is 0 Å². The molecule has 0 atom stereocenters. The first-order valence-electron chi connectivity index (χ1n) is 6.39. The number of hydrogen-bond acceptors (Lipinski definition) is 2. The summed E-state index contributed by atoms with van der Waals surface area (Å²) in [5, 5.41) is 8.27. The fourth-order valence-electron chi connectivity index (χ4n) is 2.52. The van der Waals surface area contributed by atoms with Crippen LogP contribution in [0.25, 0.3) is 0 Å². The van der Waals surface area contributed by atoms with Crippen LogP contribution in [0.1, 0.15) is 16.7 Å². The molecule has 0 saturated carbocycles. The van der Waals surface area contributed by atoms with Crippen LogP contribution in [0.5, 0.6) is 5.75 Å². The number of anilines is 1. The Bertz CT molecular complexity index is 697. The molecule has 0 bridgehead atoms. The quantitative estimate of drug-likeness (QED) is 0.906. The summed E-state index contributed by atoms with van der Waals surface area (Å²) in [5.74, 6) is 0.712.